The molecule has 20 heavy (non-hydrogen) atoms. The summed E-state index contributed by atoms with van der Waals surface area (Å²) >= 11 is 0. The third-order valence-electron chi connectivity index (χ3n) is 2.67. The van der Waals surface area contributed by atoms with Crippen LogP contribution in [-0.2, 0) is 4.74 Å². The van der Waals surface area contributed by atoms with Gasteiger partial charge in [0.05, 0.1) is 13.7 Å². The summed E-state index contributed by atoms with van der Waals surface area (Å²) in [5.41, 5.74) is 0.857. The second-order valence-electron chi connectivity index (χ2n) is 4.27. The monoisotopic (exact) mass is 293 g/mol. The summed E-state index contributed by atoms with van der Waals surface area (Å²) in [6.45, 7) is 0.880. The van der Waals surface area contributed by atoms with Crippen molar-refractivity contribution in [2.24, 2.45) is 0 Å². The summed E-state index contributed by atoms with van der Waals surface area (Å²) in [4.78, 5) is 0. The van der Waals surface area contributed by atoms with E-state index in [2.05, 4.69) is 10.1 Å². The van der Waals surface area contributed by atoms with Crippen LogP contribution in [0.5, 0.6) is 11.5 Å². The minimum atomic E-state index is -4.30. The van der Waals surface area contributed by atoms with Gasteiger partial charge in [-0.2, -0.15) is 13.2 Å². The van der Waals surface area contributed by atoms with Crippen molar-refractivity contribution in [1.29, 1.82) is 0 Å². The van der Waals surface area contributed by atoms with Crippen LogP contribution in [0.4, 0.5) is 13.2 Å². The lowest BCUT2D eigenvalue weighted by molar-refractivity contribution is -0.173. The Labute approximate surface area is 115 Å². The fraction of sp³-hybridized carbons (Fsp3) is 0.538. The van der Waals surface area contributed by atoms with E-state index in [1.807, 2.05) is 6.92 Å². The maximum Gasteiger partial charge on any atom is 0.411 e. The van der Waals surface area contributed by atoms with Gasteiger partial charge in [0.1, 0.15) is 6.61 Å². The SMILES string of the molecule is COc1cc(C(C)NCCOCC(F)(F)F)ccc1O. The van der Waals surface area contributed by atoms with Crippen molar-refractivity contribution in [1.82, 2.24) is 5.32 Å². The van der Waals surface area contributed by atoms with E-state index in [0.29, 0.717) is 12.3 Å². The number of rotatable bonds is 7. The first-order chi connectivity index (χ1) is 9.33. The zero-order valence-electron chi connectivity index (χ0n) is 11.3. The molecule has 114 valence electrons. The van der Waals surface area contributed by atoms with Gasteiger partial charge < -0.3 is 19.9 Å². The van der Waals surface area contributed by atoms with Crippen LogP contribution < -0.4 is 10.1 Å². The number of ether oxygens (including phenoxy) is 2. The van der Waals surface area contributed by atoms with E-state index >= 15 is 0 Å². The lowest BCUT2D eigenvalue weighted by Gasteiger charge is -2.16. The predicted octanol–water partition coefficient (Wildman–Crippen LogP) is 2.63. The summed E-state index contributed by atoms with van der Waals surface area (Å²) in [7, 11) is 1.45. The summed E-state index contributed by atoms with van der Waals surface area (Å²) < 4.78 is 45.0. The summed E-state index contributed by atoms with van der Waals surface area (Å²) in [5, 5.41) is 12.5. The second kappa shape index (κ2) is 7.35. The largest absolute Gasteiger partial charge is 0.504 e. The molecule has 7 heteroatoms. The van der Waals surface area contributed by atoms with Crippen LogP contribution in [0.25, 0.3) is 0 Å². The van der Waals surface area contributed by atoms with Gasteiger partial charge >= 0.3 is 6.18 Å². The van der Waals surface area contributed by atoms with E-state index in [1.54, 1.807) is 12.1 Å². The van der Waals surface area contributed by atoms with E-state index in [0.717, 1.165) is 5.56 Å². The molecule has 1 aromatic rings. The molecule has 2 N–H and O–H groups in total. The molecule has 4 nitrogen and oxygen atoms in total. The number of hydrogen-bond donors (Lipinski definition) is 2. The highest BCUT2D eigenvalue weighted by Gasteiger charge is 2.27. The van der Waals surface area contributed by atoms with Crippen LogP contribution in [0.15, 0.2) is 18.2 Å². The molecule has 1 atom stereocenters. The average Bonchev–Trinajstić information content (AvgIpc) is 2.37. The van der Waals surface area contributed by atoms with Gasteiger partial charge in [0.25, 0.3) is 0 Å². The first-order valence-electron chi connectivity index (χ1n) is 6.08. The molecule has 0 amide bonds. The Morgan fingerprint density at radius 1 is 1.35 bits per heavy atom. The van der Waals surface area contributed by atoms with Gasteiger partial charge in [0, 0.05) is 12.6 Å². The summed E-state index contributed by atoms with van der Waals surface area (Å²) in [6, 6.07) is 4.79. The minimum absolute atomic E-state index is 0.0287. The smallest absolute Gasteiger partial charge is 0.411 e. The van der Waals surface area contributed by atoms with Crippen LogP contribution in [-0.4, -0.2) is 38.2 Å². The maximum absolute atomic E-state index is 11.8. The van der Waals surface area contributed by atoms with E-state index in [-0.39, 0.29) is 18.4 Å². The first kappa shape index (κ1) is 16.6. The highest BCUT2D eigenvalue weighted by atomic mass is 19.4. The Bertz CT molecular complexity index is 424. The molecule has 0 heterocycles. The van der Waals surface area contributed by atoms with Gasteiger partial charge in [0.15, 0.2) is 11.5 Å². The van der Waals surface area contributed by atoms with Crippen molar-refractivity contribution >= 4 is 0 Å². The predicted molar refractivity (Wildman–Crippen MR) is 68.0 cm³/mol. The zero-order chi connectivity index (χ0) is 15.2. The number of benzene rings is 1. The van der Waals surface area contributed by atoms with Gasteiger partial charge in [-0.3, -0.25) is 0 Å². The highest BCUT2D eigenvalue weighted by molar-refractivity contribution is 5.42. The van der Waals surface area contributed by atoms with Gasteiger partial charge in [-0.1, -0.05) is 6.07 Å². The van der Waals surface area contributed by atoms with Crippen LogP contribution in [0, 0.1) is 0 Å². The Kier molecular flexibility index (Phi) is 6.09. The molecule has 0 saturated carbocycles. The van der Waals surface area contributed by atoms with Crippen molar-refractivity contribution in [2.45, 2.75) is 19.1 Å². The number of halogens is 3. The fourth-order valence-electron chi connectivity index (χ4n) is 1.62. The Morgan fingerprint density at radius 3 is 2.65 bits per heavy atom. The minimum Gasteiger partial charge on any atom is -0.504 e. The van der Waals surface area contributed by atoms with Gasteiger partial charge in [-0.05, 0) is 24.6 Å². The molecular weight excluding hydrogens is 275 g/mol. The summed E-state index contributed by atoms with van der Waals surface area (Å²) in [6.07, 6.45) is -4.30. The molecule has 0 fully saturated rings. The number of phenolic OH excluding ortho intramolecular Hbond substituents is 1. The highest BCUT2D eigenvalue weighted by Crippen LogP contribution is 2.28. The van der Waals surface area contributed by atoms with Crippen LogP contribution in [0.1, 0.15) is 18.5 Å². The number of alkyl halides is 3. The Morgan fingerprint density at radius 2 is 2.05 bits per heavy atom. The number of methoxy groups -OCH3 is 1. The van der Waals surface area contributed by atoms with Crippen LogP contribution in [0.3, 0.4) is 0 Å². The van der Waals surface area contributed by atoms with E-state index in [1.165, 1.54) is 13.2 Å². The molecule has 0 aliphatic heterocycles. The lowest BCUT2D eigenvalue weighted by Crippen LogP contribution is -2.26. The number of hydrogen-bond acceptors (Lipinski definition) is 4. The van der Waals surface area contributed by atoms with Crippen molar-refractivity contribution in [3.8, 4) is 11.5 Å². The topological polar surface area (TPSA) is 50.7 Å². The third-order valence-corrected chi connectivity index (χ3v) is 2.67. The first-order valence-corrected chi connectivity index (χ1v) is 6.08. The molecule has 0 radical (unpaired) electrons. The quantitative estimate of drug-likeness (QED) is 0.759. The van der Waals surface area contributed by atoms with Crippen LogP contribution >= 0.6 is 0 Å². The molecule has 1 rings (SSSR count). The van der Waals surface area contributed by atoms with E-state index < -0.39 is 12.8 Å². The molecule has 1 unspecified atom stereocenters. The van der Waals surface area contributed by atoms with Gasteiger partial charge in [0.2, 0.25) is 0 Å². The second-order valence-corrected chi connectivity index (χ2v) is 4.27. The normalized spacial score (nSPS) is 13.2. The fourth-order valence-corrected chi connectivity index (χ4v) is 1.62. The van der Waals surface area contributed by atoms with Crippen molar-refractivity contribution in [2.75, 3.05) is 26.9 Å². The van der Waals surface area contributed by atoms with Crippen LogP contribution in [0.2, 0.25) is 0 Å². The molecule has 0 aromatic heterocycles. The maximum atomic E-state index is 11.8. The van der Waals surface area contributed by atoms with E-state index in [9.17, 15) is 18.3 Å². The summed E-state index contributed by atoms with van der Waals surface area (Å²) in [5.74, 6) is 0.390. The number of aromatic hydroxyl groups is 1. The molecule has 0 spiro atoms. The van der Waals surface area contributed by atoms with Crippen molar-refractivity contribution in [3.63, 3.8) is 0 Å². The zero-order valence-corrected chi connectivity index (χ0v) is 11.3. The molecule has 0 saturated heterocycles. The molecule has 0 aliphatic rings. The molecule has 1 aromatic carbocycles. The average molecular weight is 293 g/mol. The van der Waals surface area contributed by atoms with Gasteiger partial charge in [-0.25, -0.2) is 0 Å². The van der Waals surface area contributed by atoms with E-state index in [4.69, 9.17) is 4.74 Å². The molecule has 0 aliphatic carbocycles. The molecular formula is C13H18F3NO3. The Hall–Kier alpha value is -1.47. The standard InChI is InChI=1S/C13H18F3NO3/c1-9(17-5-6-20-8-13(14,15)16)10-3-4-11(18)12(7-10)19-2/h3-4,7,9,17-18H,5-6,8H2,1-2H3. The van der Waals surface area contributed by atoms with Gasteiger partial charge in [-0.15, -0.1) is 0 Å². The Balaban J connectivity index is 2.37. The van der Waals surface area contributed by atoms with Crippen molar-refractivity contribution < 1.29 is 27.8 Å². The number of nitrogens with one attached hydrogen (secondary N) is 1. The lowest BCUT2D eigenvalue weighted by atomic mass is 10.1. The van der Waals surface area contributed by atoms with Crippen molar-refractivity contribution in [3.05, 3.63) is 23.8 Å². The molecule has 0 bridgehead atoms. The third kappa shape index (κ3) is 5.66. The number of phenols is 1.